The van der Waals surface area contributed by atoms with Gasteiger partial charge in [-0.05, 0) is 48.1 Å². The van der Waals surface area contributed by atoms with Crippen LogP contribution in [0.15, 0.2) is 41.4 Å². The molecular formula is C16H13N2O3-. The second-order valence-corrected chi connectivity index (χ2v) is 5.04. The van der Waals surface area contributed by atoms with Gasteiger partial charge in [-0.1, -0.05) is 17.9 Å². The minimum atomic E-state index is -0.522. The standard InChI is InChI=1S/C16H14N2O3/c19-16-7-6-15(18(20)21)9-13(16)10-17-14-5-4-11-2-1-3-12(11)8-14/h4-10,19H,1-3H2/p-1. The molecule has 0 fully saturated rings. The number of nitrogens with zero attached hydrogens (tertiary/aromatic N) is 2. The van der Waals surface area contributed by atoms with Gasteiger partial charge in [0.2, 0.25) is 0 Å². The van der Waals surface area contributed by atoms with Gasteiger partial charge in [-0.15, -0.1) is 0 Å². The maximum absolute atomic E-state index is 11.7. The summed E-state index contributed by atoms with van der Waals surface area (Å²) in [6.45, 7) is 0. The first-order chi connectivity index (χ1) is 10.1. The van der Waals surface area contributed by atoms with Crippen molar-refractivity contribution in [1.29, 1.82) is 0 Å². The average molecular weight is 281 g/mol. The monoisotopic (exact) mass is 281 g/mol. The van der Waals surface area contributed by atoms with Crippen molar-refractivity contribution in [2.24, 2.45) is 4.99 Å². The zero-order valence-electron chi connectivity index (χ0n) is 11.3. The lowest BCUT2D eigenvalue weighted by Gasteiger charge is -2.08. The minimum absolute atomic E-state index is 0.106. The predicted molar refractivity (Wildman–Crippen MR) is 78.3 cm³/mol. The van der Waals surface area contributed by atoms with Crippen molar-refractivity contribution in [3.05, 3.63) is 63.2 Å². The quantitative estimate of drug-likeness (QED) is 0.493. The fourth-order valence-electron chi connectivity index (χ4n) is 2.53. The Kier molecular flexibility index (Phi) is 3.39. The number of non-ortho nitro benzene ring substituents is 1. The Labute approximate surface area is 121 Å². The van der Waals surface area contributed by atoms with Crippen molar-refractivity contribution in [2.45, 2.75) is 19.3 Å². The van der Waals surface area contributed by atoms with E-state index in [-0.39, 0.29) is 17.0 Å². The van der Waals surface area contributed by atoms with Crippen LogP contribution >= 0.6 is 0 Å². The molecule has 1 aliphatic rings. The highest BCUT2D eigenvalue weighted by molar-refractivity contribution is 5.86. The second kappa shape index (κ2) is 5.36. The van der Waals surface area contributed by atoms with Crippen LogP contribution in [-0.4, -0.2) is 11.1 Å². The van der Waals surface area contributed by atoms with E-state index in [2.05, 4.69) is 11.1 Å². The van der Waals surface area contributed by atoms with Crippen LogP contribution in [0.3, 0.4) is 0 Å². The van der Waals surface area contributed by atoms with E-state index in [1.807, 2.05) is 12.1 Å². The Balaban J connectivity index is 1.89. The maximum Gasteiger partial charge on any atom is 0.270 e. The van der Waals surface area contributed by atoms with Gasteiger partial charge in [0.25, 0.3) is 5.69 Å². The van der Waals surface area contributed by atoms with Crippen LogP contribution in [0.5, 0.6) is 5.75 Å². The fourth-order valence-corrected chi connectivity index (χ4v) is 2.53. The van der Waals surface area contributed by atoms with Crippen LogP contribution in [0.2, 0.25) is 0 Å². The molecule has 0 aromatic heterocycles. The molecule has 0 N–H and O–H groups in total. The van der Waals surface area contributed by atoms with E-state index in [1.54, 1.807) is 0 Å². The largest absolute Gasteiger partial charge is 0.872 e. The Hall–Kier alpha value is -2.69. The molecule has 0 bridgehead atoms. The van der Waals surface area contributed by atoms with Gasteiger partial charge in [0, 0.05) is 18.3 Å². The normalized spacial score (nSPS) is 13.5. The number of benzene rings is 2. The first-order valence-electron chi connectivity index (χ1n) is 6.75. The van der Waals surface area contributed by atoms with Crippen LogP contribution < -0.4 is 5.11 Å². The molecule has 0 spiro atoms. The predicted octanol–water partition coefficient (Wildman–Crippen LogP) is 2.91. The summed E-state index contributed by atoms with van der Waals surface area (Å²) in [4.78, 5) is 14.5. The third-order valence-electron chi connectivity index (χ3n) is 3.64. The van der Waals surface area contributed by atoms with E-state index in [4.69, 9.17) is 0 Å². The number of hydrogen-bond donors (Lipinski definition) is 0. The minimum Gasteiger partial charge on any atom is -0.872 e. The van der Waals surface area contributed by atoms with Crippen LogP contribution in [0.4, 0.5) is 11.4 Å². The van der Waals surface area contributed by atoms with E-state index in [1.165, 1.54) is 35.5 Å². The number of rotatable bonds is 3. The van der Waals surface area contributed by atoms with E-state index in [0.717, 1.165) is 24.9 Å². The summed E-state index contributed by atoms with van der Waals surface area (Å²) in [5.41, 5.74) is 3.54. The molecule has 5 heteroatoms. The Bertz CT molecular complexity index is 738. The molecule has 106 valence electrons. The van der Waals surface area contributed by atoms with Gasteiger partial charge in [-0.3, -0.25) is 15.1 Å². The lowest BCUT2D eigenvalue weighted by Crippen LogP contribution is -1.98. The molecular weight excluding hydrogens is 268 g/mol. The van der Waals surface area contributed by atoms with Crippen LogP contribution in [0.25, 0.3) is 0 Å². The van der Waals surface area contributed by atoms with E-state index in [9.17, 15) is 15.2 Å². The smallest absolute Gasteiger partial charge is 0.270 e. The number of nitro groups is 1. The molecule has 3 rings (SSSR count). The fraction of sp³-hybridized carbons (Fsp3) is 0.188. The third kappa shape index (κ3) is 2.76. The zero-order valence-corrected chi connectivity index (χ0v) is 11.3. The van der Waals surface area contributed by atoms with E-state index in [0.29, 0.717) is 0 Å². The van der Waals surface area contributed by atoms with E-state index < -0.39 is 4.92 Å². The van der Waals surface area contributed by atoms with Gasteiger partial charge in [0.15, 0.2) is 0 Å². The molecule has 0 aliphatic heterocycles. The summed E-state index contributed by atoms with van der Waals surface area (Å²) in [5, 5.41) is 22.4. The first-order valence-corrected chi connectivity index (χ1v) is 6.75. The molecule has 0 amide bonds. The molecule has 0 radical (unpaired) electrons. The van der Waals surface area contributed by atoms with Gasteiger partial charge in [0.05, 0.1) is 10.6 Å². The topological polar surface area (TPSA) is 78.6 Å². The van der Waals surface area contributed by atoms with Crippen LogP contribution in [-0.2, 0) is 12.8 Å². The maximum atomic E-state index is 11.7. The SMILES string of the molecule is O=[N+]([O-])c1ccc([O-])c(C=Nc2ccc3c(c2)CCC3)c1. The summed E-state index contributed by atoms with van der Waals surface area (Å²) in [7, 11) is 0. The number of nitro benzene ring substituents is 1. The van der Waals surface area contributed by atoms with Gasteiger partial charge in [-0.25, -0.2) is 0 Å². The summed E-state index contributed by atoms with van der Waals surface area (Å²) in [6, 6.07) is 9.63. The van der Waals surface area contributed by atoms with Gasteiger partial charge < -0.3 is 5.11 Å². The first kappa shape index (κ1) is 13.3. The van der Waals surface area contributed by atoms with Gasteiger partial charge in [0.1, 0.15) is 0 Å². The molecule has 0 saturated heterocycles. The molecule has 21 heavy (non-hydrogen) atoms. The highest BCUT2D eigenvalue weighted by Crippen LogP contribution is 2.26. The summed E-state index contributed by atoms with van der Waals surface area (Å²) in [5.74, 6) is -0.273. The average Bonchev–Trinajstić information content (AvgIpc) is 2.93. The lowest BCUT2D eigenvalue weighted by atomic mass is 10.1. The molecule has 0 atom stereocenters. The molecule has 0 unspecified atom stereocenters. The molecule has 0 heterocycles. The van der Waals surface area contributed by atoms with Crippen LogP contribution in [0, 0.1) is 10.1 Å². The molecule has 2 aromatic rings. The Morgan fingerprint density at radius 3 is 2.71 bits per heavy atom. The Morgan fingerprint density at radius 1 is 1.10 bits per heavy atom. The van der Waals surface area contributed by atoms with Crippen molar-refractivity contribution >= 4 is 17.6 Å². The Morgan fingerprint density at radius 2 is 1.90 bits per heavy atom. The van der Waals surface area contributed by atoms with Crippen molar-refractivity contribution in [3.63, 3.8) is 0 Å². The van der Waals surface area contributed by atoms with Gasteiger partial charge >= 0.3 is 0 Å². The van der Waals surface area contributed by atoms with Crippen molar-refractivity contribution < 1.29 is 10.0 Å². The number of aryl methyl sites for hydroxylation is 2. The number of aliphatic imine (C=N–C) groups is 1. The highest BCUT2D eigenvalue weighted by atomic mass is 16.6. The van der Waals surface area contributed by atoms with Crippen molar-refractivity contribution in [3.8, 4) is 5.75 Å². The molecule has 5 nitrogen and oxygen atoms in total. The molecule has 1 aliphatic carbocycles. The third-order valence-corrected chi connectivity index (χ3v) is 3.64. The second-order valence-electron chi connectivity index (χ2n) is 5.04. The van der Waals surface area contributed by atoms with Gasteiger partial charge in [-0.2, -0.15) is 0 Å². The van der Waals surface area contributed by atoms with Crippen molar-refractivity contribution in [2.75, 3.05) is 0 Å². The number of fused-ring (bicyclic) bond motifs is 1. The molecule has 2 aromatic carbocycles. The summed E-state index contributed by atoms with van der Waals surface area (Å²) >= 11 is 0. The highest BCUT2D eigenvalue weighted by Gasteiger charge is 2.10. The lowest BCUT2D eigenvalue weighted by molar-refractivity contribution is -0.385. The number of hydrogen-bond acceptors (Lipinski definition) is 4. The van der Waals surface area contributed by atoms with E-state index >= 15 is 0 Å². The van der Waals surface area contributed by atoms with Crippen LogP contribution in [0.1, 0.15) is 23.1 Å². The molecule has 0 saturated carbocycles. The van der Waals surface area contributed by atoms with Crippen molar-refractivity contribution in [1.82, 2.24) is 0 Å². The summed E-state index contributed by atoms with van der Waals surface area (Å²) in [6.07, 6.45) is 4.72. The summed E-state index contributed by atoms with van der Waals surface area (Å²) < 4.78 is 0. The zero-order chi connectivity index (χ0) is 14.8.